The zero-order valence-corrected chi connectivity index (χ0v) is 11.9. The number of anilines is 1. The molecule has 104 valence electrons. The van der Waals surface area contributed by atoms with E-state index in [4.69, 9.17) is 0 Å². The number of carbonyl (C=O) groups is 1. The fourth-order valence-electron chi connectivity index (χ4n) is 1.60. The Morgan fingerprint density at radius 3 is 2.58 bits per heavy atom. The monoisotopic (exact) mass is 282 g/mol. The maximum atomic E-state index is 11.8. The summed E-state index contributed by atoms with van der Waals surface area (Å²) in [7, 11) is -3.51. The second-order valence-electron chi connectivity index (χ2n) is 4.15. The molecule has 0 spiro atoms. The number of hydrogen-bond donors (Lipinski definition) is 1. The molecule has 0 heterocycles. The summed E-state index contributed by atoms with van der Waals surface area (Å²) in [6, 6.07) is 7.03. The molecule has 0 unspecified atom stereocenters. The first-order chi connectivity index (χ1) is 8.86. The number of amides is 1. The topological polar surface area (TPSA) is 66.5 Å². The third kappa shape index (κ3) is 4.40. The summed E-state index contributed by atoms with van der Waals surface area (Å²) in [6.45, 7) is 5.36. The van der Waals surface area contributed by atoms with Crippen LogP contribution in [0.5, 0.6) is 0 Å². The first-order valence-electron chi connectivity index (χ1n) is 5.77. The molecule has 0 fully saturated rings. The van der Waals surface area contributed by atoms with Crippen LogP contribution >= 0.6 is 0 Å². The van der Waals surface area contributed by atoms with Crippen LogP contribution in [0.4, 0.5) is 5.69 Å². The maximum absolute atomic E-state index is 11.8. The van der Waals surface area contributed by atoms with Gasteiger partial charge in [-0.15, -0.1) is 6.58 Å². The Labute approximate surface area is 114 Å². The molecule has 0 atom stereocenters. The van der Waals surface area contributed by atoms with Gasteiger partial charge in [-0.2, -0.15) is 0 Å². The molecule has 6 heteroatoms. The van der Waals surface area contributed by atoms with Crippen LogP contribution < -0.4 is 9.62 Å². The lowest BCUT2D eigenvalue weighted by molar-refractivity contribution is -0.119. The molecule has 0 aliphatic heterocycles. The Bertz CT molecular complexity index is 567. The molecule has 0 bridgehead atoms. The smallest absolute Gasteiger partial charge is 0.241 e. The number of aryl methyl sites for hydroxylation is 1. The van der Waals surface area contributed by atoms with Crippen molar-refractivity contribution in [2.75, 3.05) is 23.7 Å². The molecular weight excluding hydrogens is 264 g/mol. The Balaban J connectivity index is 3.01. The number of rotatable bonds is 6. The van der Waals surface area contributed by atoms with Gasteiger partial charge in [0.25, 0.3) is 0 Å². The molecule has 0 aliphatic carbocycles. The number of benzene rings is 1. The summed E-state index contributed by atoms with van der Waals surface area (Å²) < 4.78 is 24.7. The first-order valence-corrected chi connectivity index (χ1v) is 7.62. The van der Waals surface area contributed by atoms with Gasteiger partial charge in [0.15, 0.2) is 0 Å². The highest BCUT2D eigenvalue weighted by atomic mass is 32.2. The largest absolute Gasteiger partial charge is 0.351 e. The minimum absolute atomic E-state index is 0.239. The first kappa shape index (κ1) is 15.2. The molecule has 0 aromatic heterocycles. The predicted octanol–water partition coefficient (Wildman–Crippen LogP) is 1.06. The van der Waals surface area contributed by atoms with Crippen LogP contribution in [0.25, 0.3) is 0 Å². The molecule has 0 saturated carbocycles. The number of hydrogen-bond acceptors (Lipinski definition) is 3. The second kappa shape index (κ2) is 6.38. The standard InChI is InChI=1S/C13H18N2O3S/c1-4-9-14-13(16)10-15(19(3,17)18)12-8-6-5-7-11(12)2/h4-8H,1,9-10H2,2-3H3,(H,14,16). The molecule has 19 heavy (non-hydrogen) atoms. The van der Waals surface area contributed by atoms with Crippen molar-refractivity contribution in [3.8, 4) is 0 Å². The van der Waals surface area contributed by atoms with Crippen LogP contribution in [0, 0.1) is 6.92 Å². The van der Waals surface area contributed by atoms with Gasteiger partial charge in [0.05, 0.1) is 11.9 Å². The van der Waals surface area contributed by atoms with Crippen LogP contribution in [0.15, 0.2) is 36.9 Å². The summed E-state index contributed by atoms with van der Waals surface area (Å²) in [6.07, 6.45) is 2.62. The van der Waals surface area contributed by atoms with E-state index in [0.717, 1.165) is 16.1 Å². The van der Waals surface area contributed by atoms with Crippen molar-refractivity contribution < 1.29 is 13.2 Å². The number of carbonyl (C=O) groups excluding carboxylic acids is 1. The lowest BCUT2D eigenvalue weighted by Crippen LogP contribution is -2.40. The van der Waals surface area contributed by atoms with Crippen molar-refractivity contribution in [3.63, 3.8) is 0 Å². The minimum atomic E-state index is -3.51. The fraction of sp³-hybridized carbons (Fsp3) is 0.308. The van der Waals surface area contributed by atoms with E-state index in [1.807, 2.05) is 6.07 Å². The minimum Gasteiger partial charge on any atom is -0.351 e. The van der Waals surface area contributed by atoms with E-state index in [0.29, 0.717) is 12.2 Å². The highest BCUT2D eigenvalue weighted by Gasteiger charge is 2.21. The molecule has 1 rings (SSSR count). The molecule has 0 aliphatic rings. The average molecular weight is 282 g/mol. The summed E-state index contributed by atoms with van der Waals surface area (Å²) >= 11 is 0. The highest BCUT2D eigenvalue weighted by molar-refractivity contribution is 7.92. The van der Waals surface area contributed by atoms with Gasteiger partial charge in [-0.25, -0.2) is 8.42 Å². The van der Waals surface area contributed by atoms with E-state index >= 15 is 0 Å². The lowest BCUT2D eigenvalue weighted by atomic mass is 10.2. The van der Waals surface area contributed by atoms with E-state index in [1.165, 1.54) is 6.08 Å². The average Bonchev–Trinajstić information content (AvgIpc) is 2.33. The van der Waals surface area contributed by atoms with Crippen LogP contribution in [0.1, 0.15) is 5.56 Å². The van der Waals surface area contributed by atoms with Gasteiger partial charge in [0, 0.05) is 6.54 Å². The van der Waals surface area contributed by atoms with Crippen LogP contribution in [-0.2, 0) is 14.8 Å². The van der Waals surface area contributed by atoms with Gasteiger partial charge < -0.3 is 5.32 Å². The van der Waals surface area contributed by atoms with E-state index in [9.17, 15) is 13.2 Å². The van der Waals surface area contributed by atoms with Gasteiger partial charge in [-0.05, 0) is 18.6 Å². The Hall–Kier alpha value is -1.82. The van der Waals surface area contributed by atoms with Gasteiger partial charge in [0.1, 0.15) is 6.54 Å². The zero-order valence-electron chi connectivity index (χ0n) is 11.1. The van der Waals surface area contributed by atoms with Crippen molar-refractivity contribution in [2.24, 2.45) is 0 Å². The molecule has 0 saturated heterocycles. The number of nitrogens with zero attached hydrogens (tertiary/aromatic N) is 1. The predicted molar refractivity (Wildman–Crippen MR) is 76.6 cm³/mol. The van der Waals surface area contributed by atoms with Gasteiger partial charge in [-0.3, -0.25) is 9.10 Å². The Morgan fingerprint density at radius 2 is 2.05 bits per heavy atom. The van der Waals surface area contributed by atoms with Gasteiger partial charge in [0.2, 0.25) is 15.9 Å². The summed E-state index contributed by atoms with van der Waals surface area (Å²) in [5, 5.41) is 2.56. The van der Waals surface area contributed by atoms with Crippen molar-refractivity contribution >= 4 is 21.6 Å². The third-order valence-corrected chi connectivity index (χ3v) is 3.64. The number of para-hydroxylation sites is 1. The van der Waals surface area contributed by atoms with E-state index in [2.05, 4.69) is 11.9 Å². The zero-order chi connectivity index (χ0) is 14.5. The Morgan fingerprint density at radius 1 is 1.42 bits per heavy atom. The normalized spacial score (nSPS) is 10.8. The van der Waals surface area contributed by atoms with Crippen LogP contribution in [0.2, 0.25) is 0 Å². The second-order valence-corrected chi connectivity index (χ2v) is 6.06. The fourth-order valence-corrected chi connectivity index (χ4v) is 2.51. The Kier molecular flexibility index (Phi) is 5.11. The summed E-state index contributed by atoms with van der Waals surface area (Å²) in [5.74, 6) is -0.367. The SMILES string of the molecule is C=CCNC(=O)CN(c1ccccc1C)S(C)(=O)=O. The molecule has 1 N–H and O–H groups in total. The molecule has 0 radical (unpaired) electrons. The molecule has 1 aromatic rings. The van der Waals surface area contributed by atoms with Crippen LogP contribution in [0.3, 0.4) is 0 Å². The van der Waals surface area contributed by atoms with Crippen molar-refractivity contribution in [3.05, 3.63) is 42.5 Å². The maximum Gasteiger partial charge on any atom is 0.241 e. The molecule has 1 amide bonds. The van der Waals surface area contributed by atoms with Crippen molar-refractivity contribution in [1.29, 1.82) is 0 Å². The van der Waals surface area contributed by atoms with E-state index < -0.39 is 10.0 Å². The quantitative estimate of drug-likeness (QED) is 0.793. The van der Waals surface area contributed by atoms with E-state index in [-0.39, 0.29) is 12.5 Å². The van der Waals surface area contributed by atoms with E-state index in [1.54, 1.807) is 25.1 Å². The number of nitrogens with one attached hydrogen (secondary N) is 1. The van der Waals surface area contributed by atoms with Crippen LogP contribution in [-0.4, -0.2) is 33.7 Å². The summed E-state index contributed by atoms with van der Waals surface area (Å²) in [5.41, 5.74) is 1.31. The molecule has 5 nitrogen and oxygen atoms in total. The number of sulfonamides is 1. The third-order valence-electron chi connectivity index (χ3n) is 2.52. The van der Waals surface area contributed by atoms with Gasteiger partial charge >= 0.3 is 0 Å². The molecular formula is C13H18N2O3S. The highest BCUT2D eigenvalue weighted by Crippen LogP contribution is 2.21. The molecule has 1 aromatic carbocycles. The lowest BCUT2D eigenvalue weighted by Gasteiger charge is -2.23. The van der Waals surface area contributed by atoms with Crippen molar-refractivity contribution in [1.82, 2.24) is 5.32 Å². The van der Waals surface area contributed by atoms with Gasteiger partial charge in [-0.1, -0.05) is 24.3 Å². The summed E-state index contributed by atoms with van der Waals surface area (Å²) in [4.78, 5) is 11.7. The van der Waals surface area contributed by atoms with Crippen molar-refractivity contribution in [2.45, 2.75) is 6.92 Å².